The molecular weight excluding hydrogens is 186 g/mol. The molecular formula is C12H23N3. The summed E-state index contributed by atoms with van der Waals surface area (Å²) in [6, 6.07) is 0.602. The minimum Gasteiger partial charge on any atom is -0.335 e. The van der Waals surface area contributed by atoms with Crippen molar-refractivity contribution < 1.29 is 0 Å². The first kappa shape index (κ1) is 12.2. The molecule has 3 nitrogen and oxygen atoms in total. The molecule has 3 heteroatoms. The highest BCUT2D eigenvalue weighted by Crippen LogP contribution is 2.05. The summed E-state index contributed by atoms with van der Waals surface area (Å²) in [5.74, 6) is 0. The lowest BCUT2D eigenvalue weighted by molar-refractivity contribution is 0.506. The molecule has 1 heterocycles. The molecule has 0 aliphatic heterocycles. The summed E-state index contributed by atoms with van der Waals surface area (Å²) in [5, 5.41) is 3.50. The van der Waals surface area contributed by atoms with Gasteiger partial charge in [0.15, 0.2) is 0 Å². The molecule has 0 aliphatic carbocycles. The molecule has 0 aliphatic rings. The Hall–Kier alpha value is -0.830. The Kier molecular flexibility index (Phi) is 5.40. The first-order chi connectivity index (χ1) is 7.27. The van der Waals surface area contributed by atoms with Gasteiger partial charge in [0, 0.05) is 24.5 Å². The summed E-state index contributed by atoms with van der Waals surface area (Å²) >= 11 is 0. The van der Waals surface area contributed by atoms with Gasteiger partial charge in [-0.2, -0.15) is 0 Å². The van der Waals surface area contributed by atoms with Crippen molar-refractivity contribution in [3.8, 4) is 0 Å². The van der Waals surface area contributed by atoms with E-state index < -0.39 is 0 Å². The third-order valence-electron chi connectivity index (χ3n) is 2.72. The van der Waals surface area contributed by atoms with Gasteiger partial charge in [0.2, 0.25) is 0 Å². The van der Waals surface area contributed by atoms with Crippen LogP contribution >= 0.6 is 0 Å². The van der Waals surface area contributed by atoms with Crippen molar-refractivity contribution in [3.05, 3.63) is 18.2 Å². The van der Waals surface area contributed by atoms with E-state index in [1.54, 1.807) is 0 Å². The van der Waals surface area contributed by atoms with E-state index >= 15 is 0 Å². The van der Waals surface area contributed by atoms with Crippen molar-refractivity contribution >= 4 is 0 Å². The topological polar surface area (TPSA) is 29.9 Å². The van der Waals surface area contributed by atoms with Gasteiger partial charge in [-0.05, 0) is 39.7 Å². The van der Waals surface area contributed by atoms with Gasteiger partial charge in [0.25, 0.3) is 0 Å². The van der Waals surface area contributed by atoms with Crippen LogP contribution in [0.5, 0.6) is 0 Å². The van der Waals surface area contributed by atoms with E-state index in [4.69, 9.17) is 0 Å². The standard InChI is InChI=1S/C12H23N3/c1-4-8-14-11(3)6-7-12-9-13-10-15(12)5-2/h9-11,14H,4-8H2,1-3H3. The molecule has 1 aromatic heterocycles. The maximum Gasteiger partial charge on any atom is 0.0948 e. The quantitative estimate of drug-likeness (QED) is 0.746. The smallest absolute Gasteiger partial charge is 0.0948 e. The van der Waals surface area contributed by atoms with Crippen LogP contribution in [0.2, 0.25) is 0 Å². The lowest BCUT2D eigenvalue weighted by Gasteiger charge is -2.13. The van der Waals surface area contributed by atoms with Gasteiger partial charge in [0.05, 0.1) is 6.33 Å². The van der Waals surface area contributed by atoms with Gasteiger partial charge in [-0.15, -0.1) is 0 Å². The molecule has 0 saturated carbocycles. The molecule has 0 aromatic carbocycles. The molecule has 1 N–H and O–H groups in total. The minimum atomic E-state index is 0.602. The number of aromatic nitrogens is 2. The van der Waals surface area contributed by atoms with Crippen molar-refractivity contribution in [2.24, 2.45) is 0 Å². The Morgan fingerprint density at radius 2 is 2.27 bits per heavy atom. The van der Waals surface area contributed by atoms with Crippen LogP contribution in [0, 0.1) is 0 Å². The summed E-state index contributed by atoms with van der Waals surface area (Å²) in [4.78, 5) is 4.18. The van der Waals surface area contributed by atoms with E-state index in [9.17, 15) is 0 Å². The molecule has 0 bridgehead atoms. The number of aryl methyl sites for hydroxylation is 2. The van der Waals surface area contributed by atoms with Crippen LogP contribution in [-0.2, 0) is 13.0 Å². The highest BCUT2D eigenvalue weighted by molar-refractivity contribution is 4.98. The lowest BCUT2D eigenvalue weighted by atomic mass is 10.1. The molecule has 0 fully saturated rings. The van der Waals surface area contributed by atoms with E-state index in [1.807, 2.05) is 12.5 Å². The van der Waals surface area contributed by atoms with Gasteiger partial charge in [0.1, 0.15) is 0 Å². The molecule has 0 saturated heterocycles. The van der Waals surface area contributed by atoms with Crippen LogP contribution in [0.1, 0.15) is 39.3 Å². The van der Waals surface area contributed by atoms with Gasteiger partial charge >= 0.3 is 0 Å². The number of nitrogens with one attached hydrogen (secondary N) is 1. The first-order valence-electron chi connectivity index (χ1n) is 6.00. The summed E-state index contributed by atoms with van der Waals surface area (Å²) in [7, 11) is 0. The Morgan fingerprint density at radius 1 is 1.47 bits per heavy atom. The third kappa shape index (κ3) is 4.04. The van der Waals surface area contributed by atoms with Crippen LogP contribution < -0.4 is 5.32 Å². The zero-order valence-corrected chi connectivity index (χ0v) is 10.2. The number of hydrogen-bond acceptors (Lipinski definition) is 2. The number of imidazole rings is 1. The second-order valence-corrected chi connectivity index (χ2v) is 4.06. The van der Waals surface area contributed by atoms with Crippen molar-refractivity contribution in [2.45, 2.75) is 52.6 Å². The number of nitrogens with zero attached hydrogens (tertiary/aromatic N) is 2. The van der Waals surface area contributed by atoms with Crippen molar-refractivity contribution in [2.75, 3.05) is 6.54 Å². The largest absolute Gasteiger partial charge is 0.335 e. The average molecular weight is 209 g/mol. The maximum atomic E-state index is 4.18. The van der Waals surface area contributed by atoms with E-state index in [2.05, 4.69) is 35.6 Å². The van der Waals surface area contributed by atoms with Crippen LogP contribution in [0.25, 0.3) is 0 Å². The molecule has 1 rings (SSSR count). The first-order valence-corrected chi connectivity index (χ1v) is 6.00. The van der Waals surface area contributed by atoms with Gasteiger partial charge in [-0.1, -0.05) is 6.92 Å². The fraction of sp³-hybridized carbons (Fsp3) is 0.750. The fourth-order valence-electron chi connectivity index (χ4n) is 1.70. The molecule has 0 amide bonds. The summed E-state index contributed by atoms with van der Waals surface area (Å²) in [6.07, 6.45) is 7.41. The predicted molar refractivity (Wildman–Crippen MR) is 64.0 cm³/mol. The molecule has 86 valence electrons. The zero-order chi connectivity index (χ0) is 11.1. The van der Waals surface area contributed by atoms with Gasteiger partial charge in [-0.3, -0.25) is 0 Å². The van der Waals surface area contributed by atoms with E-state index in [0.29, 0.717) is 6.04 Å². The number of hydrogen-bond donors (Lipinski definition) is 1. The van der Waals surface area contributed by atoms with Gasteiger partial charge < -0.3 is 9.88 Å². The molecule has 1 atom stereocenters. The van der Waals surface area contributed by atoms with Crippen LogP contribution in [-0.4, -0.2) is 22.1 Å². The van der Waals surface area contributed by atoms with Crippen LogP contribution in [0.15, 0.2) is 12.5 Å². The molecule has 0 radical (unpaired) electrons. The molecule has 15 heavy (non-hydrogen) atoms. The lowest BCUT2D eigenvalue weighted by Crippen LogP contribution is -2.27. The summed E-state index contributed by atoms with van der Waals surface area (Å²) in [6.45, 7) is 8.75. The number of rotatable bonds is 7. The second-order valence-electron chi connectivity index (χ2n) is 4.06. The average Bonchev–Trinajstić information content (AvgIpc) is 2.70. The minimum absolute atomic E-state index is 0.602. The van der Waals surface area contributed by atoms with Crippen molar-refractivity contribution in [3.63, 3.8) is 0 Å². The van der Waals surface area contributed by atoms with Crippen molar-refractivity contribution in [1.29, 1.82) is 0 Å². The molecule has 1 unspecified atom stereocenters. The normalized spacial score (nSPS) is 13.0. The Balaban J connectivity index is 2.30. The van der Waals surface area contributed by atoms with Gasteiger partial charge in [-0.25, -0.2) is 4.98 Å². The second kappa shape index (κ2) is 6.62. The fourth-order valence-corrected chi connectivity index (χ4v) is 1.70. The summed E-state index contributed by atoms with van der Waals surface area (Å²) in [5.41, 5.74) is 1.35. The van der Waals surface area contributed by atoms with E-state index in [1.165, 1.54) is 18.5 Å². The predicted octanol–water partition coefficient (Wildman–Crippen LogP) is 2.22. The van der Waals surface area contributed by atoms with Crippen molar-refractivity contribution in [1.82, 2.24) is 14.9 Å². The van der Waals surface area contributed by atoms with E-state index in [-0.39, 0.29) is 0 Å². The molecule has 1 aromatic rings. The highest BCUT2D eigenvalue weighted by Gasteiger charge is 2.04. The monoisotopic (exact) mass is 209 g/mol. The van der Waals surface area contributed by atoms with Crippen LogP contribution in [0.4, 0.5) is 0 Å². The Bertz CT molecular complexity index is 268. The van der Waals surface area contributed by atoms with E-state index in [0.717, 1.165) is 19.5 Å². The third-order valence-corrected chi connectivity index (χ3v) is 2.72. The Morgan fingerprint density at radius 3 is 2.93 bits per heavy atom. The summed E-state index contributed by atoms with van der Waals surface area (Å²) < 4.78 is 2.21. The maximum absolute atomic E-state index is 4.18. The highest BCUT2D eigenvalue weighted by atomic mass is 15.0. The Labute approximate surface area is 92.9 Å². The zero-order valence-electron chi connectivity index (χ0n) is 10.2. The van der Waals surface area contributed by atoms with Crippen LogP contribution in [0.3, 0.4) is 0 Å². The SMILES string of the molecule is CCCNC(C)CCc1cncn1CC. The molecule has 0 spiro atoms.